The van der Waals surface area contributed by atoms with Gasteiger partial charge < -0.3 is 25.9 Å². The number of aromatic amines is 1. The smallest absolute Gasteiger partial charge is 0.308 e. The molecule has 0 aliphatic carbocycles. The highest BCUT2D eigenvalue weighted by atomic mass is 16.5. The van der Waals surface area contributed by atoms with Crippen LogP contribution in [0, 0.1) is 5.92 Å². The molecule has 0 saturated carbocycles. The molecular weight excluding hydrogens is 396 g/mol. The van der Waals surface area contributed by atoms with Gasteiger partial charge in [-0.05, 0) is 42.2 Å². The minimum absolute atomic E-state index is 0.0299. The molecule has 0 saturated heterocycles. The molecule has 3 rings (SSSR count). The number of carbonyl (C=O) groups excluding carboxylic acids is 1. The van der Waals surface area contributed by atoms with E-state index >= 15 is 0 Å². The maximum atomic E-state index is 12.0. The first kappa shape index (κ1) is 21.9. The number of nitrogen functional groups attached to an aromatic ring is 2. The molecule has 8 heteroatoms. The van der Waals surface area contributed by atoms with Crippen LogP contribution in [-0.4, -0.2) is 29.7 Å². The summed E-state index contributed by atoms with van der Waals surface area (Å²) in [6.07, 6.45) is 0.576. The summed E-state index contributed by atoms with van der Waals surface area (Å²) in [6.45, 7) is 4.15. The summed E-state index contributed by atoms with van der Waals surface area (Å²) < 4.78 is 10.6. The number of carbonyl (C=O) groups is 1. The Balaban J connectivity index is 1.99. The largest absolute Gasteiger partial charge is 0.493 e. The van der Waals surface area contributed by atoms with Crippen LogP contribution in [0.15, 0.2) is 47.3 Å². The number of esters is 1. The van der Waals surface area contributed by atoms with E-state index in [4.69, 9.17) is 20.9 Å². The number of anilines is 2. The maximum absolute atomic E-state index is 12.0. The van der Waals surface area contributed by atoms with Crippen LogP contribution < -0.4 is 21.8 Å². The van der Waals surface area contributed by atoms with Crippen LogP contribution in [0.5, 0.6) is 5.75 Å². The van der Waals surface area contributed by atoms with Crippen LogP contribution in [0.25, 0.3) is 22.5 Å². The second-order valence-corrected chi connectivity index (χ2v) is 7.19. The number of hydrogen-bond acceptors (Lipinski definition) is 7. The van der Waals surface area contributed by atoms with Crippen molar-refractivity contribution in [2.75, 3.05) is 25.2 Å². The average Bonchev–Trinajstić information content (AvgIpc) is 2.77. The van der Waals surface area contributed by atoms with Crippen molar-refractivity contribution < 1.29 is 14.3 Å². The van der Waals surface area contributed by atoms with Crippen molar-refractivity contribution in [2.24, 2.45) is 5.92 Å². The molecule has 1 aromatic heterocycles. The predicted molar refractivity (Wildman–Crippen MR) is 121 cm³/mol. The molecular formula is C23H26N4O4. The van der Waals surface area contributed by atoms with Crippen molar-refractivity contribution in [3.8, 4) is 28.3 Å². The third-order valence-corrected chi connectivity index (χ3v) is 4.93. The number of nitrogens with one attached hydrogen (secondary N) is 1. The second kappa shape index (κ2) is 9.34. The fraction of sp³-hybridized carbons (Fsp3) is 0.261. The molecule has 3 aromatic rings. The molecule has 2 aromatic carbocycles. The molecule has 0 aliphatic heterocycles. The number of nitrogens with two attached hydrogens (primary N) is 2. The van der Waals surface area contributed by atoms with E-state index in [0.717, 1.165) is 16.7 Å². The standard InChI is InChI=1S/C23H26N4O4/c1-4-31-18-12-16(8-9-17(18)21-26-20(25)19(24)22(28)27-21)15-7-5-6-14(11-15)10-13(2)23(29)30-3/h5-9,11-13H,4,10,24H2,1-3H3,(H3,25,26,27,28). The number of methoxy groups -OCH3 is 1. The fourth-order valence-corrected chi connectivity index (χ4v) is 3.32. The minimum Gasteiger partial charge on any atom is -0.493 e. The van der Waals surface area contributed by atoms with E-state index in [1.807, 2.05) is 56.3 Å². The SMILES string of the molecule is CCOc1cc(-c2cccc(CC(C)C(=O)OC)c2)ccc1-c1nc(N)c(N)c(=O)[nH]1. The summed E-state index contributed by atoms with van der Waals surface area (Å²) in [5.74, 6) is 0.337. The molecule has 0 aliphatic rings. The topological polar surface area (TPSA) is 133 Å². The zero-order valence-electron chi connectivity index (χ0n) is 17.8. The molecule has 0 spiro atoms. The minimum atomic E-state index is -0.499. The molecule has 0 amide bonds. The van der Waals surface area contributed by atoms with E-state index in [1.165, 1.54) is 7.11 Å². The van der Waals surface area contributed by atoms with Gasteiger partial charge in [0.25, 0.3) is 5.56 Å². The summed E-state index contributed by atoms with van der Waals surface area (Å²) in [5, 5.41) is 0. The molecule has 8 nitrogen and oxygen atoms in total. The second-order valence-electron chi connectivity index (χ2n) is 7.19. The van der Waals surface area contributed by atoms with Crippen molar-refractivity contribution in [3.63, 3.8) is 0 Å². The van der Waals surface area contributed by atoms with Gasteiger partial charge in [-0.3, -0.25) is 9.59 Å². The van der Waals surface area contributed by atoms with E-state index in [9.17, 15) is 9.59 Å². The summed E-state index contributed by atoms with van der Waals surface area (Å²) in [6, 6.07) is 13.6. The summed E-state index contributed by atoms with van der Waals surface area (Å²) >= 11 is 0. The van der Waals surface area contributed by atoms with Gasteiger partial charge in [-0.2, -0.15) is 0 Å². The molecule has 0 radical (unpaired) electrons. The quantitative estimate of drug-likeness (QED) is 0.498. The molecule has 1 atom stereocenters. The van der Waals surface area contributed by atoms with Crippen molar-refractivity contribution in [1.29, 1.82) is 0 Å². The van der Waals surface area contributed by atoms with Gasteiger partial charge in [-0.1, -0.05) is 37.3 Å². The lowest BCUT2D eigenvalue weighted by Crippen LogP contribution is -2.17. The van der Waals surface area contributed by atoms with Crippen LogP contribution in [-0.2, 0) is 16.0 Å². The first-order valence-electron chi connectivity index (χ1n) is 9.93. The zero-order valence-corrected chi connectivity index (χ0v) is 17.8. The Labute approximate surface area is 180 Å². The Morgan fingerprint density at radius 2 is 1.90 bits per heavy atom. The van der Waals surface area contributed by atoms with Crippen LogP contribution in [0.2, 0.25) is 0 Å². The highest BCUT2D eigenvalue weighted by Crippen LogP contribution is 2.33. The Morgan fingerprint density at radius 3 is 2.58 bits per heavy atom. The predicted octanol–water partition coefficient (Wildman–Crippen LogP) is 3.02. The zero-order chi connectivity index (χ0) is 22.5. The van der Waals surface area contributed by atoms with Crippen LogP contribution in [0.3, 0.4) is 0 Å². The summed E-state index contributed by atoms with van der Waals surface area (Å²) in [4.78, 5) is 30.6. The highest BCUT2D eigenvalue weighted by Gasteiger charge is 2.16. The highest BCUT2D eigenvalue weighted by molar-refractivity contribution is 5.75. The maximum Gasteiger partial charge on any atom is 0.308 e. The van der Waals surface area contributed by atoms with Crippen molar-refractivity contribution in [3.05, 3.63) is 58.4 Å². The normalized spacial score (nSPS) is 11.7. The van der Waals surface area contributed by atoms with Gasteiger partial charge in [-0.15, -0.1) is 0 Å². The van der Waals surface area contributed by atoms with Gasteiger partial charge >= 0.3 is 5.97 Å². The van der Waals surface area contributed by atoms with Gasteiger partial charge in [0.15, 0.2) is 5.82 Å². The first-order chi connectivity index (χ1) is 14.8. The molecule has 5 N–H and O–H groups in total. The van der Waals surface area contributed by atoms with Crippen molar-refractivity contribution in [2.45, 2.75) is 20.3 Å². The van der Waals surface area contributed by atoms with E-state index in [0.29, 0.717) is 24.3 Å². The third kappa shape index (κ3) is 4.85. The van der Waals surface area contributed by atoms with Gasteiger partial charge in [0.05, 0.1) is 25.2 Å². The number of nitrogens with zero attached hydrogens (tertiary/aromatic N) is 1. The average molecular weight is 422 g/mol. The lowest BCUT2D eigenvalue weighted by molar-refractivity contribution is -0.144. The number of H-pyrrole nitrogens is 1. The lowest BCUT2D eigenvalue weighted by atomic mass is 9.96. The van der Waals surface area contributed by atoms with Crippen LogP contribution in [0.1, 0.15) is 19.4 Å². The third-order valence-electron chi connectivity index (χ3n) is 4.93. The van der Waals surface area contributed by atoms with Gasteiger partial charge in [0.2, 0.25) is 0 Å². The number of rotatable bonds is 7. The molecule has 162 valence electrons. The van der Waals surface area contributed by atoms with Gasteiger partial charge in [0, 0.05) is 0 Å². The molecule has 1 unspecified atom stereocenters. The number of aromatic nitrogens is 2. The Hall–Kier alpha value is -3.81. The number of benzene rings is 2. The Kier molecular flexibility index (Phi) is 6.59. The van der Waals surface area contributed by atoms with Crippen molar-refractivity contribution >= 4 is 17.5 Å². The fourth-order valence-electron chi connectivity index (χ4n) is 3.32. The van der Waals surface area contributed by atoms with Crippen LogP contribution >= 0.6 is 0 Å². The summed E-state index contributed by atoms with van der Waals surface area (Å²) in [5.41, 5.74) is 14.3. The molecule has 0 bridgehead atoms. The van der Waals surface area contributed by atoms with Crippen molar-refractivity contribution in [1.82, 2.24) is 9.97 Å². The summed E-state index contributed by atoms with van der Waals surface area (Å²) in [7, 11) is 1.39. The Morgan fingerprint density at radius 1 is 1.16 bits per heavy atom. The lowest BCUT2D eigenvalue weighted by Gasteiger charge is -2.14. The number of hydrogen-bond donors (Lipinski definition) is 3. The van der Waals surface area contributed by atoms with E-state index < -0.39 is 5.56 Å². The number of ether oxygens (including phenoxy) is 2. The molecule has 31 heavy (non-hydrogen) atoms. The van der Waals surface area contributed by atoms with Crippen LogP contribution in [0.4, 0.5) is 11.5 Å². The van der Waals surface area contributed by atoms with E-state index in [-0.39, 0.29) is 29.2 Å². The molecule has 1 heterocycles. The van der Waals surface area contributed by atoms with E-state index in [2.05, 4.69) is 9.97 Å². The monoisotopic (exact) mass is 422 g/mol. The van der Waals surface area contributed by atoms with Gasteiger partial charge in [0.1, 0.15) is 17.3 Å². The van der Waals surface area contributed by atoms with Gasteiger partial charge in [-0.25, -0.2) is 4.98 Å². The Bertz CT molecular complexity index is 1160. The first-order valence-corrected chi connectivity index (χ1v) is 9.93. The van der Waals surface area contributed by atoms with E-state index in [1.54, 1.807) is 0 Å². The molecule has 0 fully saturated rings.